The van der Waals surface area contributed by atoms with E-state index in [0.29, 0.717) is 0 Å². The summed E-state index contributed by atoms with van der Waals surface area (Å²) in [4.78, 5) is 0. The molecule has 0 aromatic heterocycles. The summed E-state index contributed by atoms with van der Waals surface area (Å²) >= 11 is 0. The van der Waals surface area contributed by atoms with E-state index in [4.69, 9.17) is 4.55 Å². The van der Waals surface area contributed by atoms with Gasteiger partial charge in [-0.2, -0.15) is 8.42 Å². The standard InChI is InChI=1S/C10H14O4S.Na.H/c1-8(7-10(11)15(12,13)14)9-5-3-2-4-6-9;;/h2-6,8,10-11H,7H2,1H3,(H,12,13,14);;/q;+1;-1. The second-order valence-corrected chi connectivity index (χ2v) is 5.09. The largest absolute Gasteiger partial charge is 1.00 e. The van der Waals surface area contributed by atoms with Gasteiger partial charge in [0, 0.05) is 0 Å². The van der Waals surface area contributed by atoms with Gasteiger partial charge >= 0.3 is 29.6 Å². The molecule has 0 saturated heterocycles. The van der Waals surface area contributed by atoms with Crippen molar-refractivity contribution < 1.29 is 49.1 Å². The van der Waals surface area contributed by atoms with Crippen molar-refractivity contribution in [1.29, 1.82) is 0 Å². The number of hydrogen-bond donors (Lipinski definition) is 2. The molecule has 0 saturated carbocycles. The molecule has 0 fully saturated rings. The number of benzene rings is 1. The molecule has 6 heteroatoms. The third-order valence-corrected chi connectivity index (χ3v) is 3.15. The van der Waals surface area contributed by atoms with Gasteiger partial charge in [0.1, 0.15) is 0 Å². The van der Waals surface area contributed by atoms with Crippen LogP contribution >= 0.6 is 0 Å². The van der Waals surface area contributed by atoms with Gasteiger partial charge in [0.15, 0.2) is 5.44 Å². The van der Waals surface area contributed by atoms with Gasteiger partial charge in [0.25, 0.3) is 10.1 Å². The van der Waals surface area contributed by atoms with Crippen LogP contribution in [0.5, 0.6) is 0 Å². The van der Waals surface area contributed by atoms with Crippen LogP contribution < -0.4 is 29.6 Å². The molecule has 2 atom stereocenters. The van der Waals surface area contributed by atoms with Gasteiger partial charge in [-0.1, -0.05) is 37.3 Å². The van der Waals surface area contributed by atoms with Crippen molar-refractivity contribution >= 4 is 10.1 Å². The Morgan fingerprint density at radius 2 is 1.81 bits per heavy atom. The zero-order valence-corrected chi connectivity index (χ0v) is 12.2. The Bertz CT molecular complexity index is 410. The molecule has 2 N–H and O–H groups in total. The summed E-state index contributed by atoms with van der Waals surface area (Å²) in [5.74, 6) is -0.122. The van der Waals surface area contributed by atoms with Crippen LogP contribution in [0.1, 0.15) is 26.3 Å². The fourth-order valence-electron chi connectivity index (χ4n) is 1.34. The van der Waals surface area contributed by atoms with Crippen molar-refractivity contribution in [2.45, 2.75) is 24.7 Å². The van der Waals surface area contributed by atoms with Gasteiger partial charge in [0.2, 0.25) is 0 Å². The minimum atomic E-state index is -4.35. The van der Waals surface area contributed by atoms with Crippen LogP contribution in [0.3, 0.4) is 0 Å². The van der Waals surface area contributed by atoms with E-state index >= 15 is 0 Å². The van der Waals surface area contributed by atoms with Crippen LogP contribution in [-0.2, 0) is 10.1 Å². The van der Waals surface area contributed by atoms with E-state index in [1.807, 2.05) is 30.3 Å². The average molecular weight is 254 g/mol. The van der Waals surface area contributed by atoms with Crippen molar-refractivity contribution in [2.24, 2.45) is 0 Å². The fraction of sp³-hybridized carbons (Fsp3) is 0.400. The molecule has 0 spiro atoms. The Kier molecular flexibility index (Phi) is 6.77. The summed E-state index contributed by atoms with van der Waals surface area (Å²) in [6.07, 6.45) is -0.0111. The SMILES string of the molecule is CC(CC(O)S(=O)(=O)O)c1ccccc1.[H-].[Na+]. The van der Waals surface area contributed by atoms with Gasteiger partial charge in [-0.3, -0.25) is 4.55 Å². The summed E-state index contributed by atoms with van der Waals surface area (Å²) in [5.41, 5.74) is -0.784. The molecular formula is C10H15NaO4S. The molecule has 16 heavy (non-hydrogen) atoms. The Hall–Kier alpha value is 0.0900. The number of rotatable bonds is 4. The van der Waals surface area contributed by atoms with E-state index in [9.17, 15) is 13.5 Å². The molecule has 1 aromatic rings. The Balaban J connectivity index is 0. The topological polar surface area (TPSA) is 74.6 Å². The quantitative estimate of drug-likeness (QED) is 0.507. The molecule has 0 bridgehead atoms. The molecule has 0 aliphatic rings. The van der Waals surface area contributed by atoms with E-state index in [1.54, 1.807) is 6.92 Å². The normalized spacial score (nSPS) is 14.9. The number of hydrogen-bond acceptors (Lipinski definition) is 3. The monoisotopic (exact) mass is 254 g/mol. The van der Waals surface area contributed by atoms with Crippen LogP contribution in [0.2, 0.25) is 0 Å². The molecule has 0 aliphatic carbocycles. The van der Waals surface area contributed by atoms with E-state index in [2.05, 4.69) is 0 Å². The Labute approximate surface area is 119 Å². The maximum atomic E-state index is 10.6. The first kappa shape index (κ1) is 16.1. The van der Waals surface area contributed by atoms with E-state index in [1.165, 1.54) is 0 Å². The summed E-state index contributed by atoms with van der Waals surface area (Å²) in [6.45, 7) is 1.80. The summed E-state index contributed by atoms with van der Waals surface area (Å²) < 4.78 is 29.8. The zero-order chi connectivity index (χ0) is 11.5. The summed E-state index contributed by atoms with van der Waals surface area (Å²) in [6, 6.07) is 9.23. The molecular weight excluding hydrogens is 239 g/mol. The van der Waals surface area contributed by atoms with Gasteiger partial charge in [-0.05, 0) is 17.9 Å². The van der Waals surface area contributed by atoms with E-state index in [0.717, 1.165) is 5.56 Å². The van der Waals surface area contributed by atoms with Gasteiger partial charge in [-0.25, -0.2) is 0 Å². The first-order valence-corrected chi connectivity index (χ1v) is 6.11. The minimum Gasteiger partial charge on any atom is -1.00 e. The second-order valence-electron chi connectivity index (χ2n) is 3.52. The maximum absolute atomic E-state index is 10.6. The van der Waals surface area contributed by atoms with Crippen molar-refractivity contribution in [3.05, 3.63) is 35.9 Å². The number of aliphatic hydroxyl groups excluding tert-OH is 1. The maximum Gasteiger partial charge on any atom is 1.00 e. The molecule has 0 radical (unpaired) electrons. The van der Waals surface area contributed by atoms with Crippen LogP contribution in [0.15, 0.2) is 30.3 Å². The molecule has 0 aliphatic heterocycles. The third kappa shape index (κ3) is 4.95. The smallest absolute Gasteiger partial charge is 1.00 e. The molecule has 86 valence electrons. The van der Waals surface area contributed by atoms with Gasteiger partial charge in [0.05, 0.1) is 0 Å². The molecule has 4 nitrogen and oxygen atoms in total. The summed E-state index contributed by atoms with van der Waals surface area (Å²) in [7, 11) is -4.35. The van der Waals surface area contributed by atoms with Crippen LogP contribution in [0, 0.1) is 0 Å². The van der Waals surface area contributed by atoms with Crippen LogP contribution in [-0.4, -0.2) is 23.5 Å². The van der Waals surface area contributed by atoms with Gasteiger partial charge in [-0.15, -0.1) is 0 Å². The fourth-order valence-corrected chi connectivity index (χ4v) is 1.87. The van der Waals surface area contributed by atoms with Crippen LogP contribution in [0.25, 0.3) is 0 Å². The first-order valence-electron chi connectivity index (χ1n) is 4.60. The minimum absolute atomic E-state index is 0. The van der Waals surface area contributed by atoms with E-state index < -0.39 is 15.6 Å². The predicted molar refractivity (Wildman–Crippen MR) is 58.1 cm³/mol. The van der Waals surface area contributed by atoms with Crippen molar-refractivity contribution in [1.82, 2.24) is 0 Å². The zero-order valence-electron chi connectivity index (χ0n) is 10.4. The number of aliphatic hydroxyl groups is 1. The molecule has 2 unspecified atom stereocenters. The molecule has 0 heterocycles. The van der Waals surface area contributed by atoms with Crippen LogP contribution in [0.4, 0.5) is 0 Å². The summed E-state index contributed by atoms with van der Waals surface area (Å²) in [5, 5.41) is 9.18. The second kappa shape index (κ2) is 6.74. The van der Waals surface area contributed by atoms with Crippen molar-refractivity contribution in [3.63, 3.8) is 0 Å². The average Bonchev–Trinajstić information content (AvgIpc) is 2.17. The Morgan fingerprint density at radius 1 is 1.31 bits per heavy atom. The Morgan fingerprint density at radius 3 is 2.25 bits per heavy atom. The van der Waals surface area contributed by atoms with Gasteiger partial charge < -0.3 is 6.53 Å². The predicted octanol–water partition coefficient (Wildman–Crippen LogP) is -1.50. The molecule has 1 rings (SSSR count). The van der Waals surface area contributed by atoms with Crippen molar-refractivity contribution in [2.75, 3.05) is 0 Å². The molecule has 0 amide bonds. The molecule has 1 aromatic carbocycles. The third-order valence-electron chi connectivity index (χ3n) is 2.27. The van der Waals surface area contributed by atoms with E-state index in [-0.39, 0.29) is 43.3 Å². The van der Waals surface area contributed by atoms with Crippen molar-refractivity contribution in [3.8, 4) is 0 Å². The first-order chi connectivity index (χ1) is 6.91.